The lowest BCUT2D eigenvalue weighted by atomic mass is 9.96. The van der Waals surface area contributed by atoms with Crippen molar-refractivity contribution in [2.75, 3.05) is 59.5 Å². The molecule has 5 nitrogen and oxygen atoms in total. The number of hydrogen-bond acceptors (Lipinski definition) is 4. The van der Waals surface area contributed by atoms with Gasteiger partial charge < -0.3 is 19.8 Å². The normalized spacial score (nSPS) is 25.5. The molecule has 0 aromatic heterocycles. The number of amides is 1. The second-order valence-corrected chi connectivity index (χ2v) is 8.24. The Bertz CT molecular complexity index is 639. The Morgan fingerprint density at radius 2 is 1.96 bits per heavy atom. The molecule has 1 aromatic carbocycles. The Hall–Kier alpha value is -1.14. The van der Waals surface area contributed by atoms with Gasteiger partial charge in [0, 0.05) is 55.8 Å². The number of carbonyl (C=O) groups excluding carboxylic acids is 1. The average molecular weight is 380 g/mol. The van der Waals surface area contributed by atoms with Crippen LogP contribution >= 0.6 is 11.6 Å². The van der Waals surface area contributed by atoms with Crippen LogP contribution in [0.4, 0.5) is 0 Å². The molecule has 6 heteroatoms. The summed E-state index contributed by atoms with van der Waals surface area (Å²) >= 11 is 6.18. The molecule has 0 unspecified atom stereocenters. The van der Waals surface area contributed by atoms with Crippen LogP contribution in [0, 0.1) is 18.8 Å². The zero-order valence-electron chi connectivity index (χ0n) is 15.8. The summed E-state index contributed by atoms with van der Waals surface area (Å²) in [6.45, 7) is 8.75. The first kappa shape index (κ1) is 19.6. The summed E-state index contributed by atoms with van der Waals surface area (Å²) < 4.78 is 0. The summed E-state index contributed by atoms with van der Waals surface area (Å²) in [4.78, 5) is 19.6. The Kier molecular flexibility index (Phi) is 6.56. The van der Waals surface area contributed by atoms with E-state index in [4.69, 9.17) is 11.6 Å². The van der Waals surface area contributed by atoms with Gasteiger partial charge in [0.25, 0.3) is 5.91 Å². The molecule has 2 aliphatic rings. The van der Waals surface area contributed by atoms with Gasteiger partial charge in [-0.2, -0.15) is 0 Å². The Labute approximate surface area is 161 Å². The zero-order chi connectivity index (χ0) is 18.7. The Balaban J connectivity index is 1.64. The van der Waals surface area contributed by atoms with E-state index in [0.29, 0.717) is 29.6 Å². The summed E-state index contributed by atoms with van der Waals surface area (Å²) in [6, 6.07) is 5.49. The van der Waals surface area contributed by atoms with Crippen molar-refractivity contribution in [3.05, 3.63) is 34.3 Å². The van der Waals surface area contributed by atoms with Crippen molar-refractivity contribution in [2.45, 2.75) is 13.3 Å². The first-order valence-corrected chi connectivity index (χ1v) is 9.93. The largest absolute Gasteiger partial charge is 0.396 e. The van der Waals surface area contributed by atoms with Crippen LogP contribution in [-0.4, -0.2) is 85.2 Å². The molecule has 0 spiro atoms. The molecule has 0 saturated carbocycles. The molecule has 2 atom stereocenters. The molecule has 0 radical (unpaired) electrons. The third-order valence-corrected chi connectivity index (χ3v) is 6.23. The monoisotopic (exact) mass is 379 g/mol. The van der Waals surface area contributed by atoms with Crippen molar-refractivity contribution >= 4 is 17.5 Å². The number of hydrogen-bond donors (Lipinski definition) is 1. The van der Waals surface area contributed by atoms with E-state index >= 15 is 0 Å². The maximum absolute atomic E-state index is 12.9. The molecular weight excluding hydrogens is 350 g/mol. The first-order valence-electron chi connectivity index (χ1n) is 9.55. The second-order valence-electron chi connectivity index (χ2n) is 7.83. The van der Waals surface area contributed by atoms with Crippen LogP contribution in [0.1, 0.15) is 22.3 Å². The number of likely N-dealkylation sites (tertiary alicyclic amines) is 1. The van der Waals surface area contributed by atoms with Crippen LogP contribution < -0.4 is 0 Å². The molecule has 3 rings (SSSR count). The van der Waals surface area contributed by atoms with E-state index in [1.807, 2.05) is 24.0 Å². The van der Waals surface area contributed by atoms with Gasteiger partial charge in [0.1, 0.15) is 0 Å². The number of carbonyl (C=O) groups is 1. The molecule has 2 fully saturated rings. The summed E-state index contributed by atoms with van der Waals surface area (Å²) in [5, 5.41) is 10.5. The number of rotatable bonds is 4. The minimum Gasteiger partial charge on any atom is -0.396 e. The maximum atomic E-state index is 12.9. The van der Waals surface area contributed by atoms with E-state index in [1.54, 1.807) is 6.07 Å². The van der Waals surface area contributed by atoms with Gasteiger partial charge in [-0.05, 0) is 57.1 Å². The Morgan fingerprint density at radius 1 is 1.19 bits per heavy atom. The first-order chi connectivity index (χ1) is 12.5. The highest BCUT2D eigenvalue weighted by Crippen LogP contribution is 2.27. The predicted octanol–water partition coefficient (Wildman–Crippen LogP) is 1.97. The van der Waals surface area contributed by atoms with Crippen LogP contribution in [0.5, 0.6) is 0 Å². The molecule has 1 aromatic rings. The van der Waals surface area contributed by atoms with E-state index in [9.17, 15) is 9.90 Å². The van der Waals surface area contributed by atoms with Gasteiger partial charge in [0.05, 0.1) is 0 Å². The number of halogens is 1. The fraction of sp³-hybridized carbons (Fsp3) is 0.650. The van der Waals surface area contributed by atoms with E-state index in [1.165, 1.54) is 6.42 Å². The molecule has 2 heterocycles. The highest BCUT2D eigenvalue weighted by Gasteiger charge is 2.36. The third-order valence-electron chi connectivity index (χ3n) is 5.82. The van der Waals surface area contributed by atoms with Crippen molar-refractivity contribution in [2.24, 2.45) is 11.8 Å². The predicted molar refractivity (Wildman–Crippen MR) is 105 cm³/mol. The number of likely N-dealkylation sites (N-methyl/N-ethyl adjacent to an activating group) is 1. The molecule has 0 bridgehead atoms. The summed E-state index contributed by atoms with van der Waals surface area (Å²) in [7, 11) is 2.17. The minimum atomic E-state index is 0.0171. The topological polar surface area (TPSA) is 47.0 Å². The highest BCUT2D eigenvalue weighted by atomic mass is 35.5. The van der Waals surface area contributed by atoms with Crippen molar-refractivity contribution in [3.63, 3.8) is 0 Å². The van der Waals surface area contributed by atoms with Gasteiger partial charge >= 0.3 is 0 Å². The Morgan fingerprint density at radius 3 is 2.69 bits per heavy atom. The fourth-order valence-corrected chi connectivity index (χ4v) is 4.22. The SMILES string of the molecule is Cc1ccc(C(=O)N2C[C@@H](CN3CCCN(C)CC3)[C@@H](CO)C2)cc1Cl. The van der Waals surface area contributed by atoms with Gasteiger partial charge in [-0.25, -0.2) is 0 Å². The maximum Gasteiger partial charge on any atom is 0.253 e. The molecule has 2 aliphatic heterocycles. The lowest BCUT2D eigenvalue weighted by Gasteiger charge is -2.26. The number of aliphatic hydroxyl groups excluding tert-OH is 1. The zero-order valence-corrected chi connectivity index (χ0v) is 16.6. The van der Waals surface area contributed by atoms with E-state index in [0.717, 1.165) is 38.3 Å². The van der Waals surface area contributed by atoms with Gasteiger partial charge in [0.15, 0.2) is 0 Å². The van der Waals surface area contributed by atoms with Crippen molar-refractivity contribution in [1.82, 2.24) is 14.7 Å². The van der Waals surface area contributed by atoms with Crippen LogP contribution in [0.15, 0.2) is 18.2 Å². The number of aryl methyl sites for hydroxylation is 1. The van der Waals surface area contributed by atoms with E-state index in [-0.39, 0.29) is 18.4 Å². The van der Waals surface area contributed by atoms with Crippen molar-refractivity contribution in [3.8, 4) is 0 Å². The highest BCUT2D eigenvalue weighted by molar-refractivity contribution is 6.31. The smallest absolute Gasteiger partial charge is 0.253 e. The third kappa shape index (κ3) is 4.58. The number of nitrogens with zero attached hydrogens (tertiary/aromatic N) is 3. The summed E-state index contributed by atoms with van der Waals surface area (Å²) in [5.74, 6) is 0.498. The lowest BCUT2D eigenvalue weighted by Crippen LogP contribution is -2.36. The van der Waals surface area contributed by atoms with Gasteiger partial charge in [-0.1, -0.05) is 17.7 Å². The standard InChI is InChI=1S/C20H30ClN3O2/c1-15-4-5-16(10-19(15)21)20(26)24-12-17(18(13-24)14-25)11-23-7-3-6-22(2)8-9-23/h4-5,10,17-18,25H,3,6-9,11-14H2,1-2H3/t17-,18-/m1/s1. The number of benzene rings is 1. The fourth-order valence-electron chi connectivity index (χ4n) is 4.04. The van der Waals surface area contributed by atoms with Gasteiger partial charge in [-0.15, -0.1) is 0 Å². The molecule has 144 valence electrons. The number of aliphatic hydroxyl groups is 1. The molecular formula is C20H30ClN3O2. The van der Waals surface area contributed by atoms with Crippen LogP contribution in [0.25, 0.3) is 0 Å². The minimum absolute atomic E-state index is 0.0171. The second kappa shape index (κ2) is 8.70. The van der Waals surface area contributed by atoms with Gasteiger partial charge in [0.2, 0.25) is 0 Å². The van der Waals surface area contributed by atoms with Crippen molar-refractivity contribution < 1.29 is 9.90 Å². The molecule has 1 amide bonds. The van der Waals surface area contributed by atoms with E-state index in [2.05, 4.69) is 16.8 Å². The molecule has 1 N–H and O–H groups in total. The van der Waals surface area contributed by atoms with Crippen LogP contribution in [0.2, 0.25) is 5.02 Å². The van der Waals surface area contributed by atoms with E-state index < -0.39 is 0 Å². The summed E-state index contributed by atoms with van der Waals surface area (Å²) in [6.07, 6.45) is 1.18. The summed E-state index contributed by atoms with van der Waals surface area (Å²) in [5.41, 5.74) is 1.61. The lowest BCUT2D eigenvalue weighted by molar-refractivity contribution is 0.0779. The van der Waals surface area contributed by atoms with Crippen LogP contribution in [-0.2, 0) is 0 Å². The average Bonchev–Trinajstić information content (AvgIpc) is 2.92. The quantitative estimate of drug-likeness (QED) is 0.868. The van der Waals surface area contributed by atoms with Crippen molar-refractivity contribution in [1.29, 1.82) is 0 Å². The molecule has 2 saturated heterocycles. The van der Waals surface area contributed by atoms with Crippen LogP contribution in [0.3, 0.4) is 0 Å². The molecule has 26 heavy (non-hydrogen) atoms. The molecule has 0 aliphatic carbocycles. The van der Waals surface area contributed by atoms with Gasteiger partial charge in [-0.3, -0.25) is 4.79 Å².